The molecule has 1 fully saturated rings. The Labute approximate surface area is 292 Å². The highest BCUT2D eigenvalue weighted by atomic mass is 16.6. The molecule has 1 aromatic heterocycles. The Morgan fingerprint density at radius 2 is 1.80 bits per heavy atom. The molecule has 1 saturated heterocycles. The second-order valence-corrected chi connectivity index (χ2v) is 13.0. The molecule has 2 aliphatic rings. The highest BCUT2D eigenvalue weighted by Crippen LogP contribution is 2.44. The van der Waals surface area contributed by atoms with Crippen LogP contribution in [0.1, 0.15) is 61.1 Å². The number of benzene rings is 2. The van der Waals surface area contributed by atoms with Gasteiger partial charge in [-0.2, -0.15) is 0 Å². The van der Waals surface area contributed by atoms with Gasteiger partial charge in [-0.05, 0) is 80.9 Å². The number of aromatic nitrogens is 1. The summed E-state index contributed by atoms with van der Waals surface area (Å²) in [6.07, 6.45) is 6.43. The van der Waals surface area contributed by atoms with E-state index in [4.69, 9.17) is 10.3 Å². The number of ether oxygens (including phenoxy) is 1. The van der Waals surface area contributed by atoms with Gasteiger partial charge in [0, 0.05) is 47.1 Å². The van der Waals surface area contributed by atoms with E-state index in [0.29, 0.717) is 38.0 Å². The number of nitrogens with zero attached hydrogens (tertiary/aromatic N) is 6. The highest BCUT2D eigenvalue weighted by molar-refractivity contribution is 5.92. The molecule has 1 aliphatic carbocycles. The summed E-state index contributed by atoms with van der Waals surface area (Å²) in [5, 5.41) is 18.3. The molecular formula is C38H43N7O5. The van der Waals surface area contributed by atoms with Crippen molar-refractivity contribution in [1.29, 1.82) is 0 Å². The normalized spacial score (nSPS) is 20.0. The van der Waals surface area contributed by atoms with Crippen LogP contribution in [0.25, 0.3) is 10.4 Å². The van der Waals surface area contributed by atoms with E-state index in [1.807, 2.05) is 19.1 Å². The molecule has 50 heavy (non-hydrogen) atoms. The summed E-state index contributed by atoms with van der Waals surface area (Å²) in [6, 6.07) is 25.6. The standard InChI is InChI=1S/C38H43N7O5/c1-27-23-31(45(48)49)16-17-33(27)34(42-37(47)35-15-9-10-20-40-35)18-21-44-22-19-38(29-11-5-3-6-12-29,30-13-7-4-8-14-30)24-32(44)26-50-36(28(2)46)25-41-43-39/h3-16,20,23,32-34,36H,17-19,21-22,24-26H2,1-2H3,(H,42,47). The van der Waals surface area contributed by atoms with Gasteiger partial charge in [-0.25, -0.2) is 0 Å². The lowest BCUT2D eigenvalue weighted by molar-refractivity contribution is -0.419. The number of ketones is 1. The number of amides is 1. The fourth-order valence-electron chi connectivity index (χ4n) is 7.31. The number of carbonyl (C=O) groups excluding carboxylic acids is 2. The summed E-state index contributed by atoms with van der Waals surface area (Å²) < 4.78 is 6.22. The molecule has 1 amide bonds. The molecule has 4 unspecified atom stereocenters. The highest BCUT2D eigenvalue weighted by Gasteiger charge is 2.43. The van der Waals surface area contributed by atoms with Crippen molar-refractivity contribution < 1.29 is 19.2 Å². The Kier molecular flexibility index (Phi) is 12.3. The predicted octanol–water partition coefficient (Wildman–Crippen LogP) is 6.43. The molecule has 3 aromatic rings. The molecule has 4 atom stereocenters. The molecule has 260 valence electrons. The van der Waals surface area contributed by atoms with Crippen molar-refractivity contribution >= 4 is 11.7 Å². The van der Waals surface area contributed by atoms with Crippen LogP contribution >= 0.6 is 0 Å². The predicted molar refractivity (Wildman–Crippen MR) is 190 cm³/mol. The van der Waals surface area contributed by atoms with Crippen molar-refractivity contribution in [3.05, 3.63) is 146 Å². The molecule has 12 nitrogen and oxygen atoms in total. The van der Waals surface area contributed by atoms with Gasteiger partial charge in [-0.1, -0.05) is 77.4 Å². The molecular weight excluding hydrogens is 634 g/mol. The molecule has 1 aliphatic heterocycles. The largest absolute Gasteiger partial charge is 0.369 e. The van der Waals surface area contributed by atoms with Crippen LogP contribution in [0.5, 0.6) is 0 Å². The number of azide groups is 1. The lowest BCUT2D eigenvalue weighted by atomic mass is 9.66. The van der Waals surface area contributed by atoms with Crippen molar-refractivity contribution in [3.63, 3.8) is 0 Å². The summed E-state index contributed by atoms with van der Waals surface area (Å²) in [6.45, 7) is 4.76. The Hall–Kier alpha value is -5.16. The lowest BCUT2D eigenvalue weighted by Crippen LogP contribution is -2.53. The third-order valence-electron chi connectivity index (χ3n) is 10.0. The van der Waals surface area contributed by atoms with Crippen molar-refractivity contribution in [2.45, 2.75) is 63.1 Å². The summed E-state index contributed by atoms with van der Waals surface area (Å²) >= 11 is 0. The second kappa shape index (κ2) is 17.0. The number of pyridine rings is 1. The third-order valence-corrected chi connectivity index (χ3v) is 10.0. The molecule has 12 heteroatoms. The van der Waals surface area contributed by atoms with Gasteiger partial charge in [0.15, 0.2) is 5.78 Å². The Morgan fingerprint density at radius 3 is 2.38 bits per heavy atom. The maximum Gasteiger partial charge on any atom is 0.270 e. The summed E-state index contributed by atoms with van der Waals surface area (Å²) in [7, 11) is 0. The molecule has 1 N–H and O–H groups in total. The van der Waals surface area contributed by atoms with Gasteiger partial charge in [-0.3, -0.25) is 29.6 Å². The molecule has 5 rings (SSSR count). The van der Waals surface area contributed by atoms with Crippen LogP contribution in [-0.4, -0.2) is 70.9 Å². The number of likely N-dealkylation sites (tertiary alicyclic amines) is 1. The summed E-state index contributed by atoms with van der Waals surface area (Å²) in [4.78, 5) is 46.4. The van der Waals surface area contributed by atoms with Gasteiger partial charge in [0.2, 0.25) is 0 Å². The molecule has 0 radical (unpaired) electrons. The SMILES string of the molecule is CC(=O)C(CN=[N+]=[N-])OCC1CC(c2ccccc2)(c2ccccc2)CCN1CCC(NC(=O)c1ccccn1)C1CC=C([N+](=O)[O-])C=C1C. The molecule has 2 heterocycles. The molecule has 2 aromatic carbocycles. The first-order valence-corrected chi connectivity index (χ1v) is 16.9. The average Bonchev–Trinajstić information content (AvgIpc) is 3.14. The van der Waals surface area contributed by atoms with Crippen molar-refractivity contribution in [2.75, 3.05) is 26.2 Å². The van der Waals surface area contributed by atoms with Crippen molar-refractivity contribution in [1.82, 2.24) is 15.2 Å². The van der Waals surface area contributed by atoms with Gasteiger partial charge >= 0.3 is 0 Å². The Morgan fingerprint density at radius 1 is 1.12 bits per heavy atom. The average molecular weight is 678 g/mol. The fraction of sp³-hybridized carbons (Fsp3) is 0.395. The Balaban J connectivity index is 1.44. The van der Waals surface area contributed by atoms with E-state index in [9.17, 15) is 19.7 Å². The minimum absolute atomic E-state index is 0.0562. The maximum atomic E-state index is 13.4. The van der Waals surface area contributed by atoms with Gasteiger partial charge in [0.05, 0.1) is 18.1 Å². The molecule has 0 spiro atoms. The number of hydrogen-bond acceptors (Lipinski definition) is 8. The van der Waals surface area contributed by atoms with Crippen LogP contribution in [-0.2, 0) is 14.9 Å². The van der Waals surface area contributed by atoms with Gasteiger partial charge < -0.3 is 10.1 Å². The van der Waals surface area contributed by atoms with Crippen LogP contribution < -0.4 is 5.32 Å². The lowest BCUT2D eigenvalue weighted by Gasteiger charge is -2.48. The summed E-state index contributed by atoms with van der Waals surface area (Å²) in [5.41, 5.74) is 12.2. The van der Waals surface area contributed by atoms with Crippen molar-refractivity contribution in [2.24, 2.45) is 11.0 Å². The number of hydrogen-bond donors (Lipinski definition) is 1. The zero-order valence-electron chi connectivity index (χ0n) is 28.4. The number of rotatable bonds is 15. The van der Waals surface area contributed by atoms with Gasteiger partial charge in [0.1, 0.15) is 11.8 Å². The quantitative estimate of drug-likeness (QED) is 0.0637. The first-order valence-electron chi connectivity index (χ1n) is 16.9. The van der Waals surface area contributed by atoms with Crippen LogP contribution in [0, 0.1) is 16.0 Å². The minimum Gasteiger partial charge on any atom is -0.369 e. The van der Waals surface area contributed by atoms with E-state index in [0.717, 1.165) is 12.0 Å². The van der Waals surface area contributed by atoms with Gasteiger partial charge in [-0.15, -0.1) is 0 Å². The number of nitro groups is 1. The van der Waals surface area contributed by atoms with Crippen LogP contribution in [0.15, 0.2) is 114 Å². The molecule has 0 bridgehead atoms. The van der Waals surface area contributed by atoms with E-state index in [2.05, 4.69) is 73.8 Å². The zero-order valence-corrected chi connectivity index (χ0v) is 28.4. The van der Waals surface area contributed by atoms with Gasteiger partial charge in [0.25, 0.3) is 11.6 Å². The van der Waals surface area contributed by atoms with E-state index in [1.54, 1.807) is 36.5 Å². The second-order valence-electron chi connectivity index (χ2n) is 13.0. The third kappa shape index (κ3) is 8.70. The number of carbonyl (C=O) groups is 2. The Bertz CT molecular complexity index is 1700. The zero-order chi connectivity index (χ0) is 35.5. The fourth-order valence-corrected chi connectivity index (χ4v) is 7.31. The van der Waals surface area contributed by atoms with Crippen LogP contribution in [0.4, 0.5) is 0 Å². The van der Waals surface area contributed by atoms with Crippen molar-refractivity contribution in [3.8, 4) is 0 Å². The molecule has 0 saturated carbocycles. The topological polar surface area (TPSA) is 163 Å². The smallest absolute Gasteiger partial charge is 0.270 e. The van der Waals surface area contributed by atoms with Crippen LogP contribution in [0.2, 0.25) is 0 Å². The first kappa shape index (κ1) is 36.1. The minimum atomic E-state index is -0.861. The van der Waals surface area contributed by atoms with E-state index in [-0.39, 0.29) is 58.9 Å². The first-order chi connectivity index (χ1) is 24.2. The number of nitrogens with one attached hydrogen (secondary N) is 1. The monoisotopic (exact) mass is 677 g/mol. The van der Waals surface area contributed by atoms with E-state index < -0.39 is 6.10 Å². The number of allylic oxidation sites excluding steroid dienone is 2. The number of piperidine rings is 1. The number of Topliss-reactive ketones (excluding diaryl/α,β-unsaturated/α-hetero) is 1. The van der Waals surface area contributed by atoms with Crippen LogP contribution in [0.3, 0.4) is 0 Å². The summed E-state index contributed by atoms with van der Waals surface area (Å²) in [5.74, 6) is -0.666. The maximum absolute atomic E-state index is 13.4. The van der Waals surface area contributed by atoms with E-state index in [1.165, 1.54) is 18.1 Å². The van der Waals surface area contributed by atoms with E-state index >= 15 is 0 Å².